The maximum absolute atomic E-state index is 13.0. The summed E-state index contributed by atoms with van der Waals surface area (Å²) >= 11 is 0. The third-order valence-electron chi connectivity index (χ3n) is 5.32. The van der Waals surface area contributed by atoms with Gasteiger partial charge < -0.3 is 13.7 Å². The number of hydrogen-bond donors (Lipinski definition) is 0. The predicted octanol–water partition coefficient (Wildman–Crippen LogP) is 5.68. The third-order valence-corrected chi connectivity index (χ3v) is 5.32. The minimum atomic E-state index is -4.96. The van der Waals surface area contributed by atoms with E-state index in [2.05, 4.69) is 4.99 Å². The Morgan fingerprint density at radius 2 is 1.32 bits per heavy atom. The quantitative estimate of drug-likeness (QED) is 0.346. The highest BCUT2D eigenvalue weighted by molar-refractivity contribution is 6.63. The second-order valence-electron chi connectivity index (χ2n) is 8.29. The van der Waals surface area contributed by atoms with Crippen LogP contribution in [0.25, 0.3) is 0 Å². The van der Waals surface area contributed by atoms with Gasteiger partial charge in [-0.3, -0.25) is 4.99 Å². The number of alkyl halides is 6. The van der Waals surface area contributed by atoms with Crippen molar-refractivity contribution in [3.05, 3.63) is 46.9 Å². The minimum Gasteiger partial charge on any atom is -0.461 e. The molecule has 1 aromatic carbocycles. The number of furan rings is 1. The molecule has 1 aliphatic heterocycles. The Balaban J connectivity index is 1.99. The third kappa shape index (κ3) is 4.82. The summed E-state index contributed by atoms with van der Waals surface area (Å²) in [5, 5.41) is 0. The molecule has 4 nitrogen and oxygen atoms in total. The van der Waals surface area contributed by atoms with Crippen LogP contribution in [0, 0.1) is 6.92 Å². The largest absolute Gasteiger partial charge is 0.498 e. The first-order valence-electron chi connectivity index (χ1n) is 9.29. The molecule has 1 aromatic heterocycles. The highest BCUT2D eigenvalue weighted by atomic mass is 19.4. The molecule has 0 saturated carbocycles. The van der Waals surface area contributed by atoms with Crippen LogP contribution in [0.15, 0.2) is 33.7 Å². The van der Waals surface area contributed by atoms with Crippen molar-refractivity contribution in [1.29, 1.82) is 0 Å². The van der Waals surface area contributed by atoms with Gasteiger partial charge in [-0.25, -0.2) is 0 Å². The van der Waals surface area contributed by atoms with Crippen molar-refractivity contribution in [2.75, 3.05) is 0 Å². The van der Waals surface area contributed by atoms with Crippen molar-refractivity contribution in [1.82, 2.24) is 0 Å². The van der Waals surface area contributed by atoms with Crippen LogP contribution >= 0.6 is 0 Å². The molecule has 0 atom stereocenters. The van der Waals surface area contributed by atoms with Gasteiger partial charge in [0, 0.05) is 5.46 Å². The van der Waals surface area contributed by atoms with E-state index in [4.69, 9.17) is 13.7 Å². The SMILES string of the molecule is Cc1cc(B2OC(C)(C)C(C)(C)O2)c(C=Nc2cc(C(F)(F)F)cc(C(F)(F)F)c2)o1. The Labute approximate surface area is 175 Å². The standard InChI is InChI=1S/C20H20BF6NO3/c1-11-6-15(21-30-17(2,3)18(4,5)31-21)16(29-11)10-28-14-8-12(19(22,23)24)7-13(9-14)20(25,26)27/h6-10H,1-5H3. The van der Waals surface area contributed by atoms with Gasteiger partial charge >= 0.3 is 19.5 Å². The molecule has 0 spiro atoms. The lowest BCUT2D eigenvalue weighted by atomic mass is 9.79. The number of aliphatic imine (C=N–C) groups is 1. The highest BCUT2D eigenvalue weighted by Crippen LogP contribution is 2.39. The number of halogens is 6. The maximum Gasteiger partial charge on any atom is 0.498 e. The summed E-state index contributed by atoms with van der Waals surface area (Å²) in [6, 6.07) is 2.74. The second-order valence-corrected chi connectivity index (χ2v) is 8.29. The fourth-order valence-corrected chi connectivity index (χ4v) is 2.95. The minimum absolute atomic E-state index is 0.0475. The molecule has 31 heavy (non-hydrogen) atoms. The molecule has 0 bridgehead atoms. The summed E-state index contributed by atoms with van der Waals surface area (Å²) in [5.74, 6) is 0.563. The molecule has 168 valence electrons. The first-order valence-corrected chi connectivity index (χ1v) is 9.29. The number of benzene rings is 1. The zero-order valence-corrected chi connectivity index (χ0v) is 17.4. The second kappa shape index (κ2) is 7.41. The van der Waals surface area contributed by atoms with Crippen LogP contribution in [-0.2, 0) is 21.7 Å². The van der Waals surface area contributed by atoms with Gasteiger partial charge in [0.15, 0.2) is 0 Å². The number of nitrogens with zero attached hydrogens (tertiary/aromatic N) is 1. The van der Waals surface area contributed by atoms with E-state index in [1.807, 2.05) is 27.7 Å². The lowest BCUT2D eigenvalue weighted by molar-refractivity contribution is -0.143. The Hall–Kier alpha value is -2.27. The van der Waals surface area contributed by atoms with Crippen LogP contribution in [0.5, 0.6) is 0 Å². The topological polar surface area (TPSA) is 44.0 Å². The summed E-state index contributed by atoms with van der Waals surface area (Å²) in [7, 11) is -0.837. The van der Waals surface area contributed by atoms with Crippen LogP contribution < -0.4 is 5.46 Å². The van der Waals surface area contributed by atoms with E-state index in [0.717, 1.165) is 6.21 Å². The number of hydrogen-bond acceptors (Lipinski definition) is 4. The number of rotatable bonds is 3. The Morgan fingerprint density at radius 3 is 1.77 bits per heavy atom. The van der Waals surface area contributed by atoms with Crippen LogP contribution in [0.4, 0.5) is 32.0 Å². The smallest absolute Gasteiger partial charge is 0.461 e. The summed E-state index contributed by atoms with van der Waals surface area (Å²) in [5.41, 5.74) is -4.29. The average molecular weight is 447 g/mol. The van der Waals surface area contributed by atoms with E-state index in [9.17, 15) is 26.3 Å². The Morgan fingerprint density at radius 1 is 0.839 bits per heavy atom. The highest BCUT2D eigenvalue weighted by Gasteiger charge is 2.52. The first-order chi connectivity index (χ1) is 14.0. The fraction of sp³-hybridized carbons (Fsp3) is 0.450. The van der Waals surface area contributed by atoms with Crippen LogP contribution in [0.1, 0.15) is 50.3 Å². The van der Waals surface area contributed by atoms with Gasteiger partial charge in [0.2, 0.25) is 0 Å². The molecule has 3 rings (SSSR count). The normalized spacial score (nSPS) is 18.9. The Kier molecular flexibility index (Phi) is 5.59. The molecule has 0 aliphatic carbocycles. The van der Waals surface area contributed by atoms with Gasteiger partial charge in [-0.1, -0.05) is 0 Å². The van der Waals surface area contributed by atoms with Gasteiger partial charge in [-0.15, -0.1) is 0 Å². The van der Waals surface area contributed by atoms with Crippen molar-refractivity contribution < 1.29 is 40.1 Å². The fourth-order valence-electron chi connectivity index (χ4n) is 2.95. The van der Waals surface area contributed by atoms with Crippen LogP contribution in [0.2, 0.25) is 0 Å². The van der Waals surface area contributed by atoms with Crippen LogP contribution in [0.3, 0.4) is 0 Å². The molecule has 2 heterocycles. The van der Waals surface area contributed by atoms with E-state index < -0.39 is 47.5 Å². The van der Waals surface area contributed by atoms with Gasteiger partial charge in [-0.2, -0.15) is 26.3 Å². The summed E-state index contributed by atoms with van der Waals surface area (Å²) in [6.07, 6.45) is -8.86. The van der Waals surface area contributed by atoms with E-state index in [-0.39, 0.29) is 11.8 Å². The Bertz CT molecular complexity index is 959. The lowest BCUT2D eigenvalue weighted by Crippen LogP contribution is -2.41. The summed E-state index contributed by atoms with van der Waals surface area (Å²) < 4.78 is 95.7. The molecular weight excluding hydrogens is 427 g/mol. The van der Waals surface area contributed by atoms with E-state index >= 15 is 0 Å². The average Bonchev–Trinajstić information content (AvgIpc) is 3.07. The van der Waals surface area contributed by atoms with Gasteiger partial charge in [0.05, 0.1) is 34.2 Å². The molecule has 11 heteroatoms. The maximum atomic E-state index is 13.0. The van der Waals surface area contributed by atoms with Gasteiger partial charge in [0.1, 0.15) is 11.5 Å². The molecule has 0 amide bonds. The first kappa shape index (κ1) is 23.4. The van der Waals surface area contributed by atoms with Crippen molar-refractivity contribution in [2.45, 2.75) is 58.2 Å². The van der Waals surface area contributed by atoms with Crippen molar-refractivity contribution in [3.63, 3.8) is 0 Å². The monoisotopic (exact) mass is 447 g/mol. The van der Waals surface area contributed by atoms with Crippen molar-refractivity contribution in [3.8, 4) is 0 Å². The zero-order valence-electron chi connectivity index (χ0n) is 17.4. The summed E-state index contributed by atoms with van der Waals surface area (Å²) in [4.78, 5) is 3.81. The molecule has 1 saturated heterocycles. The molecule has 1 fully saturated rings. The van der Waals surface area contributed by atoms with Gasteiger partial charge in [-0.05, 0) is 58.9 Å². The van der Waals surface area contributed by atoms with Crippen molar-refractivity contribution in [2.24, 2.45) is 4.99 Å². The molecule has 0 radical (unpaired) electrons. The molecule has 1 aliphatic rings. The number of aryl methyl sites for hydroxylation is 1. The molecule has 0 unspecified atom stereocenters. The lowest BCUT2D eigenvalue weighted by Gasteiger charge is -2.32. The summed E-state index contributed by atoms with van der Waals surface area (Å²) in [6.45, 7) is 9.01. The zero-order chi connectivity index (χ0) is 23.4. The van der Waals surface area contributed by atoms with Crippen molar-refractivity contribution >= 4 is 24.5 Å². The van der Waals surface area contributed by atoms with E-state index in [1.165, 1.54) is 0 Å². The van der Waals surface area contributed by atoms with E-state index in [1.54, 1.807) is 13.0 Å². The van der Waals surface area contributed by atoms with E-state index in [0.29, 0.717) is 23.4 Å². The van der Waals surface area contributed by atoms with Crippen LogP contribution in [-0.4, -0.2) is 24.5 Å². The molecule has 2 aromatic rings. The predicted molar refractivity (Wildman–Crippen MR) is 103 cm³/mol. The molecular formula is C20H20BF6NO3. The van der Waals surface area contributed by atoms with Gasteiger partial charge in [0.25, 0.3) is 0 Å². The molecule has 0 N–H and O–H groups in total.